The summed E-state index contributed by atoms with van der Waals surface area (Å²) in [7, 11) is 2.06. The first-order chi connectivity index (χ1) is 12.5. The lowest BCUT2D eigenvalue weighted by molar-refractivity contribution is -0.114. The Morgan fingerprint density at radius 2 is 1.62 bits per heavy atom. The monoisotopic (exact) mass is 353 g/mol. The maximum absolute atomic E-state index is 12.6. The van der Waals surface area contributed by atoms with Gasteiger partial charge in [0, 0.05) is 56.4 Å². The molecule has 2 heterocycles. The first kappa shape index (κ1) is 17.9. The van der Waals surface area contributed by atoms with Gasteiger partial charge in [0.15, 0.2) is 0 Å². The Hall–Kier alpha value is -2.93. The van der Waals surface area contributed by atoms with E-state index in [4.69, 9.17) is 0 Å². The summed E-state index contributed by atoms with van der Waals surface area (Å²) in [6.07, 6.45) is 1.64. The number of hydrogen-bond donors (Lipinski definition) is 2. The highest BCUT2D eigenvalue weighted by Crippen LogP contribution is 2.20. The molecule has 0 spiro atoms. The van der Waals surface area contributed by atoms with Crippen LogP contribution >= 0.6 is 0 Å². The van der Waals surface area contributed by atoms with Crippen LogP contribution in [0.15, 0.2) is 42.6 Å². The van der Waals surface area contributed by atoms with Crippen LogP contribution < -0.4 is 10.6 Å². The molecule has 0 aliphatic carbocycles. The Morgan fingerprint density at radius 3 is 2.27 bits per heavy atom. The van der Waals surface area contributed by atoms with Crippen molar-refractivity contribution in [3.05, 3.63) is 48.3 Å². The van der Waals surface area contributed by atoms with E-state index in [9.17, 15) is 9.59 Å². The number of pyridine rings is 1. The molecule has 1 fully saturated rings. The van der Waals surface area contributed by atoms with Crippen LogP contribution in [0.4, 0.5) is 17.1 Å². The minimum atomic E-state index is -0.105. The predicted molar refractivity (Wildman–Crippen MR) is 102 cm³/mol. The maximum Gasteiger partial charge on any atom is 0.272 e. The number of piperazine rings is 1. The largest absolute Gasteiger partial charge is 0.355 e. The Labute approximate surface area is 153 Å². The van der Waals surface area contributed by atoms with Crippen molar-refractivity contribution in [2.24, 2.45) is 0 Å². The summed E-state index contributed by atoms with van der Waals surface area (Å²) in [5.41, 5.74) is 2.84. The molecule has 7 heteroatoms. The third kappa shape index (κ3) is 4.58. The van der Waals surface area contributed by atoms with Crippen molar-refractivity contribution in [2.75, 3.05) is 43.9 Å². The first-order valence-electron chi connectivity index (χ1n) is 8.60. The average Bonchev–Trinajstić information content (AvgIpc) is 2.63. The lowest BCUT2D eigenvalue weighted by Gasteiger charge is -2.32. The molecule has 0 atom stereocenters. The second-order valence-corrected chi connectivity index (χ2v) is 6.41. The third-order valence-corrected chi connectivity index (χ3v) is 4.26. The van der Waals surface area contributed by atoms with Crippen molar-refractivity contribution < 1.29 is 9.59 Å². The van der Waals surface area contributed by atoms with Crippen LogP contribution in [0, 0.1) is 0 Å². The van der Waals surface area contributed by atoms with Crippen molar-refractivity contribution >= 4 is 28.9 Å². The van der Waals surface area contributed by atoms with Gasteiger partial charge >= 0.3 is 0 Å². The van der Waals surface area contributed by atoms with Crippen molar-refractivity contribution in [2.45, 2.75) is 6.92 Å². The molecule has 1 saturated heterocycles. The van der Waals surface area contributed by atoms with Gasteiger partial charge in [-0.15, -0.1) is 0 Å². The zero-order chi connectivity index (χ0) is 18.5. The van der Waals surface area contributed by atoms with Gasteiger partial charge in [-0.1, -0.05) is 0 Å². The van der Waals surface area contributed by atoms with E-state index < -0.39 is 0 Å². The van der Waals surface area contributed by atoms with Crippen LogP contribution in [0.3, 0.4) is 0 Å². The number of benzene rings is 1. The van der Waals surface area contributed by atoms with E-state index in [1.165, 1.54) is 6.92 Å². The zero-order valence-electron chi connectivity index (χ0n) is 15.0. The molecule has 2 aromatic rings. The van der Waals surface area contributed by atoms with Crippen molar-refractivity contribution in [1.29, 1.82) is 0 Å². The second kappa shape index (κ2) is 7.97. The molecule has 136 valence electrons. The molecule has 3 rings (SSSR count). The summed E-state index contributed by atoms with van der Waals surface area (Å²) in [6.45, 7) is 4.68. The minimum Gasteiger partial charge on any atom is -0.355 e. The minimum absolute atomic E-state index is 0.0391. The summed E-state index contributed by atoms with van der Waals surface area (Å²) in [5.74, 6) is -0.144. The topological polar surface area (TPSA) is 77.6 Å². The van der Waals surface area contributed by atoms with E-state index in [-0.39, 0.29) is 11.8 Å². The van der Waals surface area contributed by atoms with Crippen LogP contribution in [0.2, 0.25) is 0 Å². The maximum atomic E-state index is 12.6. The highest BCUT2D eigenvalue weighted by Gasteiger charge is 2.21. The zero-order valence-corrected chi connectivity index (χ0v) is 15.0. The number of aromatic nitrogens is 1. The van der Waals surface area contributed by atoms with Crippen LogP contribution in [0.1, 0.15) is 17.4 Å². The van der Waals surface area contributed by atoms with E-state index in [2.05, 4.69) is 27.6 Å². The molecule has 0 bridgehead atoms. The summed E-state index contributed by atoms with van der Waals surface area (Å²) < 4.78 is 0. The quantitative estimate of drug-likeness (QED) is 0.881. The van der Waals surface area contributed by atoms with E-state index >= 15 is 0 Å². The molecule has 2 N–H and O–H groups in total. The fourth-order valence-corrected chi connectivity index (χ4v) is 2.80. The lowest BCUT2D eigenvalue weighted by Crippen LogP contribution is -2.47. The normalized spacial score (nSPS) is 14.8. The van der Waals surface area contributed by atoms with Gasteiger partial charge in [-0.05, 0) is 43.4 Å². The Morgan fingerprint density at radius 1 is 0.962 bits per heavy atom. The Balaban J connectivity index is 1.67. The van der Waals surface area contributed by atoms with Crippen LogP contribution in [-0.4, -0.2) is 59.8 Å². The van der Waals surface area contributed by atoms with Gasteiger partial charge in [-0.2, -0.15) is 0 Å². The number of nitrogens with one attached hydrogen (secondary N) is 2. The third-order valence-electron chi connectivity index (χ3n) is 4.26. The van der Waals surface area contributed by atoms with Crippen molar-refractivity contribution in [3.63, 3.8) is 0 Å². The predicted octanol–water partition coefficient (Wildman–Crippen LogP) is 2.17. The van der Waals surface area contributed by atoms with E-state index in [1.54, 1.807) is 12.3 Å². The summed E-state index contributed by atoms with van der Waals surface area (Å²) >= 11 is 0. The smallest absolute Gasteiger partial charge is 0.272 e. The molecular weight excluding hydrogens is 330 g/mol. The Kier molecular flexibility index (Phi) is 5.48. The molecule has 0 saturated carbocycles. The van der Waals surface area contributed by atoms with Gasteiger partial charge in [0.2, 0.25) is 5.91 Å². The Bertz CT molecular complexity index is 783. The molecule has 1 aromatic carbocycles. The first-order valence-corrected chi connectivity index (χ1v) is 8.60. The molecule has 0 radical (unpaired) electrons. The molecule has 26 heavy (non-hydrogen) atoms. The molecule has 1 aliphatic rings. The van der Waals surface area contributed by atoms with E-state index in [0.717, 1.165) is 43.2 Å². The molecule has 1 aliphatic heterocycles. The number of carbonyl (C=O) groups is 2. The highest BCUT2D eigenvalue weighted by molar-refractivity contribution is 5.93. The SMILES string of the molecule is CC(=O)Nc1ccc(Nc2ccnc(C(=O)N3CCN(C)CC3)c2)cc1. The standard InChI is InChI=1S/C19H23N5O2/c1-14(25)21-15-3-5-16(6-4-15)22-17-7-8-20-18(13-17)19(26)24-11-9-23(2)10-12-24/h3-8,13H,9-12H2,1-2H3,(H,20,22)(H,21,25). The van der Waals surface area contributed by atoms with Crippen LogP contribution in [0.5, 0.6) is 0 Å². The van der Waals surface area contributed by atoms with Crippen LogP contribution in [-0.2, 0) is 4.79 Å². The number of carbonyl (C=O) groups excluding carboxylic acids is 2. The lowest BCUT2D eigenvalue weighted by atomic mass is 10.2. The van der Waals surface area contributed by atoms with Gasteiger partial charge in [-0.25, -0.2) is 0 Å². The summed E-state index contributed by atoms with van der Waals surface area (Å²) in [4.78, 5) is 32.0. The van der Waals surface area contributed by atoms with E-state index in [0.29, 0.717) is 5.69 Å². The van der Waals surface area contributed by atoms with Gasteiger partial charge in [-0.3, -0.25) is 14.6 Å². The average molecular weight is 353 g/mol. The van der Waals surface area contributed by atoms with Crippen molar-refractivity contribution in [1.82, 2.24) is 14.8 Å². The number of amides is 2. The summed E-state index contributed by atoms with van der Waals surface area (Å²) in [5, 5.41) is 5.99. The number of likely N-dealkylation sites (N-methyl/N-ethyl adjacent to an activating group) is 1. The molecule has 2 amide bonds. The fourth-order valence-electron chi connectivity index (χ4n) is 2.80. The van der Waals surface area contributed by atoms with Gasteiger partial charge < -0.3 is 20.4 Å². The number of rotatable bonds is 4. The van der Waals surface area contributed by atoms with Crippen molar-refractivity contribution in [3.8, 4) is 0 Å². The fraction of sp³-hybridized carbons (Fsp3) is 0.316. The second-order valence-electron chi connectivity index (χ2n) is 6.41. The molecular formula is C19H23N5O2. The van der Waals surface area contributed by atoms with Gasteiger partial charge in [0.1, 0.15) is 5.69 Å². The summed E-state index contributed by atoms with van der Waals surface area (Å²) in [6, 6.07) is 11.0. The molecule has 0 unspecified atom stereocenters. The molecule has 7 nitrogen and oxygen atoms in total. The van der Waals surface area contributed by atoms with Gasteiger partial charge in [0.25, 0.3) is 5.91 Å². The molecule has 1 aromatic heterocycles. The van der Waals surface area contributed by atoms with Gasteiger partial charge in [0.05, 0.1) is 0 Å². The number of nitrogens with zero attached hydrogens (tertiary/aromatic N) is 3. The number of hydrogen-bond acceptors (Lipinski definition) is 5. The highest BCUT2D eigenvalue weighted by atomic mass is 16.2. The van der Waals surface area contributed by atoms with Crippen LogP contribution in [0.25, 0.3) is 0 Å². The van der Waals surface area contributed by atoms with E-state index in [1.807, 2.05) is 35.2 Å². The number of anilines is 3.